The van der Waals surface area contributed by atoms with Crippen LogP contribution in [0.15, 0.2) is 41.1 Å². The second kappa shape index (κ2) is 5.44. The minimum atomic E-state index is 0.0891. The lowest BCUT2D eigenvalue weighted by Crippen LogP contribution is -2.12. The van der Waals surface area contributed by atoms with Gasteiger partial charge in [-0.05, 0) is 11.1 Å². The minimum absolute atomic E-state index is 0.0891. The van der Waals surface area contributed by atoms with Crippen LogP contribution in [-0.2, 0) is 19.7 Å². The van der Waals surface area contributed by atoms with Crippen LogP contribution >= 0.6 is 0 Å². The van der Waals surface area contributed by atoms with E-state index in [9.17, 15) is 0 Å². The summed E-state index contributed by atoms with van der Waals surface area (Å²) in [5, 5.41) is 15.8. The molecule has 84 valence electrons. The molecule has 4 heteroatoms. The third-order valence-electron chi connectivity index (χ3n) is 2.33. The SMILES string of the molecule is OCc1ccc(CNCc2ccno2)cc1. The smallest absolute Gasteiger partial charge is 0.150 e. The van der Waals surface area contributed by atoms with Gasteiger partial charge in [0.15, 0.2) is 0 Å². The predicted octanol–water partition coefficient (Wildman–Crippen LogP) is 1.46. The predicted molar refractivity (Wildman–Crippen MR) is 59.4 cm³/mol. The highest BCUT2D eigenvalue weighted by molar-refractivity contribution is 5.21. The Morgan fingerprint density at radius 2 is 1.81 bits per heavy atom. The van der Waals surface area contributed by atoms with E-state index >= 15 is 0 Å². The molecule has 2 rings (SSSR count). The summed E-state index contributed by atoms with van der Waals surface area (Å²) in [6, 6.07) is 9.68. The first kappa shape index (κ1) is 10.9. The summed E-state index contributed by atoms with van der Waals surface area (Å²) in [6.45, 7) is 1.53. The van der Waals surface area contributed by atoms with E-state index in [1.165, 1.54) is 5.56 Å². The lowest BCUT2D eigenvalue weighted by Gasteiger charge is -2.03. The Labute approximate surface area is 93.9 Å². The lowest BCUT2D eigenvalue weighted by atomic mass is 10.1. The van der Waals surface area contributed by atoms with Gasteiger partial charge in [-0.3, -0.25) is 0 Å². The molecule has 0 radical (unpaired) electrons. The van der Waals surface area contributed by atoms with Crippen molar-refractivity contribution in [3.05, 3.63) is 53.4 Å². The van der Waals surface area contributed by atoms with Crippen molar-refractivity contribution in [2.45, 2.75) is 19.7 Å². The van der Waals surface area contributed by atoms with Crippen molar-refractivity contribution in [2.24, 2.45) is 0 Å². The molecule has 0 spiro atoms. The third-order valence-corrected chi connectivity index (χ3v) is 2.33. The van der Waals surface area contributed by atoms with Gasteiger partial charge in [-0.25, -0.2) is 0 Å². The van der Waals surface area contributed by atoms with Crippen molar-refractivity contribution in [3.63, 3.8) is 0 Å². The molecule has 2 aromatic rings. The fourth-order valence-electron chi connectivity index (χ4n) is 1.43. The summed E-state index contributed by atoms with van der Waals surface area (Å²) < 4.78 is 4.96. The van der Waals surface area contributed by atoms with Gasteiger partial charge >= 0.3 is 0 Å². The van der Waals surface area contributed by atoms with Crippen LogP contribution in [0.3, 0.4) is 0 Å². The fraction of sp³-hybridized carbons (Fsp3) is 0.250. The highest BCUT2D eigenvalue weighted by Gasteiger charge is 1.97. The first-order valence-electron chi connectivity index (χ1n) is 5.17. The summed E-state index contributed by atoms with van der Waals surface area (Å²) in [5.74, 6) is 0.826. The normalized spacial score (nSPS) is 10.6. The Hall–Kier alpha value is -1.65. The van der Waals surface area contributed by atoms with Gasteiger partial charge < -0.3 is 14.9 Å². The molecule has 0 fully saturated rings. The van der Waals surface area contributed by atoms with Crippen molar-refractivity contribution in [2.75, 3.05) is 0 Å². The number of aliphatic hydroxyl groups excluding tert-OH is 1. The van der Waals surface area contributed by atoms with Crippen molar-refractivity contribution in [1.82, 2.24) is 10.5 Å². The maximum Gasteiger partial charge on any atom is 0.150 e. The molecule has 0 unspecified atom stereocenters. The van der Waals surface area contributed by atoms with Gasteiger partial charge in [0.2, 0.25) is 0 Å². The van der Waals surface area contributed by atoms with E-state index in [2.05, 4.69) is 10.5 Å². The van der Waals surface area contributed by atoms with E-state index in [1.54, 1.807) is 6.20 Å². The molecule has 0 aliphatic heterocycles. The topological polar surface area (TPSA) is 58.3 Å². The van der Waals surface area contributed by atoms with Crippen molar-refractivity contribution in [1.29, 1.82) is 0 Å². The molecule has 1 aromatic heterocycles. The van der Waals surface area contributed by atoms with E-state index in [1.807, 2.05) is 30.3 Å². The van der Waals surface area contributed by atoms with Gasteiger partial charge in [0.1, 0.15) is 5.76 Å². The molecule has 0 aliphatic carbocycles. The first-order valence-corrected chi connectivity index (χ1v) is 5.17. The second-order valence-electron chi connectivity index (χ2n) is 3.56. The Bertz CT molecular complexity index is 409. The Morgan fingerprint density at radius 1 is 1.06 bits per heavy atom. The zero-order chi connectivity index (χ0) is 11.2. The Kier molecular flexibility index (Phi) is 3.69. The van der Waals surface area contributed by atoms with E-state index in [0.717, 1.165) is 17.9 Å². The Balaban J connectivity index is 1.81. The van der Waals surface area contributed by atoms with E-state index < -0.39 is 0 Å². The molecular formula is C12H14N2O2. The van der Waals surface area contributed by atoms with Crippen LogP contribution in [0.25, 0.3) is 0 Å². The van der Waals surface area contributed by atoms with Gasteiger partial charge in [-0.15, -0.1) is 0 Å². The second-order valence-corrected chi connectivity index (χ2v) is 3.56. The first-order chi connectivity index (χ1) is 7.88. The zero-order valence-corrected chi connectivity index (χ0v) is 8.89. The maximum absolute atomic E-state index is 8.89. The molecule has 0 atom stereocenters. The number of hydrogen-bond donors (Lipinski definition) is 2. The molecule has 0 amide bonds. The van der Waals surface area contributed by atoms with Gasteiger partial charge in [0.05, 0.1) is 19.3 Å². The van der Waals surface area contributed by atoms with Crippen LogP contribution in [0, 0.1) is 0 Å². The van der Waals surface area contributed by atoms with Crippen LogP contribution in [0.4, 0.5) is 0 Å². The van der Waals surface area contributed by atoms with E-state index in [0.29, 0.717) is 6.54 Å². The largest absolute Gasteiger partial charge is 0.392 e. The molecule has 1 aromatic carbocycles. The fourth-order valence-corrected chi connectivity index (χ4v) is 1.43. The Morgan fingerprint density at radius 3 is 2.44 bits per heavy atom. The van der Waals surface area contributed by atoms with Crippen molar-refractivity contribution in [3.8, 4) is 0 Å². The number of benzene rings is 1. The summed E-state index contributed by atoms with van der Waals surface area (Å²) in [4.78, 5) is 0. The van der Waals surface area contributed by atoms with Crippen LogP contribution in [0.1, 0.15) is 16.9 Å². The van der Waals surface area contributed by atoms with E-state index in [-0.39, 0.29) is 6.61 Å². The van der Waals surface area contributed by atoms with Gasteiger partial charge in [0.25, 0.3) is 0 Å². The lowest BCUT2D eigenvalue weighted by molar-refractivity contribution is 0.282. The monoisotopic (exact) mass is 218 g/mol. The quantitative estimate of drug-likeness (QED) is 0.797. The maximum atomic E-state index is 8.89. The molecule has 16 heavy (non-hydrogen) atoms. The number of aromatic nitrogens is 1. The number of nitrogens with one attached hydrogen (secondary N) is 1. The number of aliphatic hydroxyl groups is 1. The average Bonchev–Trinajstić information content (AvgIpc) is 2.83. The highest BCUT2D eigenvalue weighted by atomic mass is 16.5. The molecule has 0 bridgehead atoms. The molecule has 0 saturated heterocycles. The molecule has 0 saturated carbocycles. The molecule has 2 N–H and O–H groups in total. The summed E-state index contributed by atoms with van der Waals surface area (Å²) in [7, 11) is 0. The summed E-state index contributed by atoms with van der Waals surface area (Å²) in [5.41, 5.74) is 2.11. The van der Waals surface area contributed by atoms with E-state index in [4.69, 9.17) is 9.63 Å². The molecular weight excluding hydrogens is 204 g/mol. The molecule has 1 heterocycles. The average molecular weight is 218 g/mol. The third kappa shape index (κ3) is 2.92. The number of nitrogens with zero attached hydrogens (tertiary/aromatic N) is 1. The van der Waals surface area contributed by atoms with Crippen molar-refractivity contribution < 1.29 is 9.63 Å². The molecule has 0 aliphatic rings. The standard InChI is InChI=1S/C12H14N2O2/c15-9-11-3-1-10(2-4-11)7-13-8-12-5-6-14-16-12/h1-6,13,15H,7-9H2. The highest BCUT2D eigenvalue weighted by Crippen LogP contribution is 2.04. The van der Waals surface area contributed by atoms with Gasteiger partial charge in [0, 0.05) is 12.6 Å². The minimum Gasteiger partial charge on any atom is -0.392 e. The van der Waals surface area contributed by atoms with Crippen LogP contribution in [0.2, 0.25) is 0 Å². The van der Waals surface area contributed by atoms with Crippen LogP contribution in [-0.4, -0.2) is 10.3 Å². The van der Waals surface area contributed by atoms with Crippen LogP contribution in [0.5, 0.6) is 0 Å². The summed E-state index contributed by atoms with van der Waals surface area (Å²) >= 11 is 0. The number of hydrogen-bond acceptors (Lipinski definition) is 4. The van der Waals surface area contributed by atoms with Crippen LogP contribution < -0.4 is 5.32 Å². The zero-order valence-electron chi connectivity index (χ0n) is 8.89. The number of rotatable bonds is 5. The van der Waals surface area contributed by atoms with Gasteiger partial charge in [-0.1, -0.05) is 29.4 Å². The van der Waals surface area contributed by atoms with Crippen molar-refractivity contribution >= 4 is 0 Å². The van der Waals surface area contributed by atoms with Gasteiger partial charge in [-0.2, -0.15) is 0 Å². The summed E-state index contributed by atoms with van der Waals surface area (Å²) in [6.07, 6.45) is 1.63. The molecule has 4 nitrogen and oxygen atoms in total.